The quantitative estimate of drug-likeness (QED) is 0.617. The highest BCUT2D eigenvalue weighted by atomic mass is 35.5. The number of benzene rings is 2. The lowest BCUT2D eigenvalue weighted by molar-refractivity contribution is 0.0931. The number of hydrogen-bond donors (Lipinski definition) is 1. The van der Waals surface area contributed by atoms with Crippen LogP contribution in [0.4, 0.5) is 0 Å². The summed E-state index contributed by atoms with van der Waals surface area (Å²) in [6.45, 7) is 5.13. The fourth-order valence-corrected chi connectivity index (χ4v) is 5.75. The third kappa shape index (κ3) is 5.59. The topological polar surface area (TPSA) is 75.7 Å². The van der Waals surface area contributed by atoms with Gasteiger partial charge in [0.15, 0.2) is 0 Å². The van der Waals surface area contributed by atoms with Gasteiger partial charge in [-0.05, 0) is 61.1 Å². The molecule has 0 spiro atoms. The number of ether oxygens (including phenoxy) is 1. The number of hydrogen-bond acceptors (Lipinski definition) is 4. The van der Waals surface area contributed by atoms with Crippen molar-refractivity contribution in [3.05, 3.63) is 58.6 Å². The molecule has 1 heterocycles. The van der Waals surface area contributed by atoms with E-state index in [1.165, 1.54) is 16.4 Å². The van der Waals surface area contributed by atoms with Gasteiger partial charge in [-0.25, -0.2) is 8.42 Å². The van der Waals surface area contributed by atoms with Crippen LogP contribution in [0.3, 0.4) is 0 Å². The Morgan fingerprint density at radius 2 is 1.77 bits per heavy atom. The highest BCUT2D eigenvalue weighted by Gasteiger charge is 2.30. The first-order valence-corrected chi connectivity index (χ1v) is 12.3. The van der Waals surface area contributed by atoms with Crippen molar-refractivity contribution in [1.82, 2.24) is 9.62 Å². The summed E-state index contributed by atoms with van der Waals surface area (Å²) in [4.78, 5) is 13.0. The predicted molar refractivity (Wildman–Crippen MR) is 122 cm³/mol. The summed E-state index contributed by atoms with van der Waals surface area (Å²) in [6, 6.07) is 11.8. The largest absolute Gasteiger partial charge is 0.497 e. The van der Waals surface area contributed by atoms with E-state index >= 15 is 0 Å². The average Bonchev–Trinajstić information content (AvgIpc) is 3.29. The third-order valence-electron chi connectivity index (χ3n) is 5.41. The van der Waals surface area contributed by atoms with Gasteiger partial charge in [-0.3, -0.25) is 4.79 Å². The fraction of sp³-hybridized carbons (Fsp3) is 0.435. The summed E-state index contributed by atoms with van der Waals surface area (Å²) < 4.78 is 32.6. The van der Waals surface area contributed by atoms with Crippen molar-refractivity contribution < 1.29 is 17.9 Å². The van der Waals surface area contributed by atoms with Crippen LogP contribution in [0, 0.1) is 5.92 Å². The van der Waals surface area contributed by atoms with Crippen LogP contribution in [0.15, 0.2) is 47.4 Å². The van der Waals surface area contributed by atoms with E-state index < -0.39 is 10.0 Å². The van der Waals surface area contributed by atoms with Gasteiger partial charge in [-0.2, -0.15) is 4.31 Å². The standard InChI is InChI=1S/C23H29ClN2O4S/c1-16(2)14-21(17-6-9-19(30-3)10-7-17)25-23(27)18-8-11-20(24)22(15-18)31(28,29)26-12-4-5-13-26/h6-11,15-16,21H,4-5,12-14H2,1-3H3,(H,25,27)/t21-/m1/s1. The monoisotopic (exact) mass is 464 g/mol. The van der Waals surface area contributed by atoms with Crippen molar-refractivity contribution in [3.8, 4) is 5.75 Å². The zero-order valence-electron chi connectivity index (χ0n) is 18.1. The number of sulfonamides is 1. The molecule has 8 heteroatoms. The van der Waals surface area contributed by atoms with Crippen LogP contribution in [0.1, 0.15) is 55.1 Å². The normalized spacial score (nSPS) is 15.8. The summed E-state index contributed by atoms with van der Waals surface area (Å²) in [5.41, 5.74) is 1.23. The average molecular weight is 465 g/mol. The SMILES string of the molecule is COc1ccc([C@@H](CC(C)C)NC(=O)c2ccc(Cl)c(S(=O)(=O)N3CCCC3)c2)cc1. The van der Waals surface area contributed by atoms with Gasteiger partial charge in [-0.1, -0.05) is 37.6 Å². The minimum absolute atomic E-state index is 0.0198. The molecule has 2 aromatic carbocycles. The van der Waals surface area contributed by atoms with Crippen LogP contribution < -0.4 is 10.1 Å². The van der Waals surface area contributed by atoms with Gasteiger partial charge in [0.25, 0.3) is 5.91 Å². The van der Waals surface area contributed by atoms with E-state index in [0.717, 1.165) is 30.6 Å². The first-order valence-electron chi connectivity index (χ1n) is 10.5. The molecule has 0 bridgehead atoms. The number of amides is 1. The number of halogens is 1. The molecule has 1 fully saturated rings. The first kappa shape index (κ1) is 23.6. The summed E-state index contributed by atoms with van der Waals surface area (Å²) in [5, 5.41) is 3.18. The van der Waals surface area contributed by atoms with Gasteiger partial charge in [0.2, 0.25) is 10.0 Å². The predicted octanol–water partition coefficient (Wildman–Crippen LogP) is 4.65. The van der Waals surface area contributed by atoms with Crippen molar-refractivity contribution >= 4 is 27.5 Å². The number of nitrogens with one attached hydrogen (secondary N) is 1. The molecule has 0 radical (unpaired) electrons. The molecular weight excluding hydrogens is 436 g/mol. The zero-order chi connectivity index (χ0) is 22.6. The summed E-state index contributed by atoms with van der Waals surface area (Å²) in [7, 11) is -2.12. The Bertz CT molecular complexity index is 1020. The molecule has 1 aliphatic heterocycles. The molecule has 0 aliphatic carbocycles. The Morgan fingerprint density at radius 1 is 1.13 bits per heavy atom. The highest BCUT2D eigenvalue weighted by Crippen LogP contribution is 2.29. The Kier molecular flexibility index (Phi) is 7.62. The van der Waals surface area contributed by atoms with Crippen LogP contribution in [-0.4, -0.2) is 38.8 Å². The van der Waals surface area contributed by atoms with E-state index in [1.54, 1.807) is 13.2 Å². The molecule has 1 N–H and O–H groups in total. The van der Waals surface area contributed by atoms with Crippen molar-refractivity contribution in [2.75, 3.05) is 20.2 Å². The maximum Gasteiger partial charge on any atom is 0.251 e. The number of carbonyl (C=O) groups is 1. The summed E-state index contributed by atoms with van der Waals surface area (Å²) in [5.74, 6) is 0.757. The molecule has 3 rings (SSSR count). The summed E-state index contributed by atoms with van der Waals surface area (Å²) in [6.07, 6.45) is 2.40. The molecule has 1 aliphatic rings. The Hall–Kier alpha value is -2.09. The molecule has 2 aromatic rings. The number of carbonyl (C=O) groups excluding carboxylic acids is 1. The van der Waals surface area contributed by atoms with Crippen molar-refractivity contribution in [1.29, 1.82) is 0 Å². The number of rotatable bonds is 8. The zero-order valence-corrected chi connectivity index (χ0v) is 19.7. The molecule has 1 saturated heterocycles. The first-order chi connectivity index (χ1) is 14.7. The van der Waals surface area contributed by atoms with E-state index in [0.29, 0.717) is 19.0 Å². The van der Waals surface area contributed by atoms with E-state index in [2.05, 4.69) is 19.2 Å². The van der Waals surface area contributed by atoms with Crippen molar-refractivity contribution in [2.24, 2.45) is 5.92 Å². The Morgan fingerprint density at radius 3 is 2.35 bits per heavy atom. The van der Waals surface area contributed by atoms with Gasteiger partial charge >= 0.3 is 0 Å². The lowest BCUT2D eigenvalue weighted by Gasteiger charge is -2.22. The highest BCUT2D eigenvalue weighted by molar-refractivity contribution is 7.89. The molecule has 31 heavy (non-hydrogen) atoms. The Balaban J connectivity index is 1.86. The lowest BCUT2D eigenvalue weighted by Crippen LogP contribution is -2.31. The van der Waals surface area contributed by atoms with Crippen molar-refractivity contribution in [2.45, 2.75) is 44.0 Å². The molecule has 6 nitrogen and oxygen atoms in total. The van der Waals surface area contributed by atoms with E-state index in [-0.39, 0.29) is 27.4 Å². The maximum absolute atomic E-state index is 13.1. The molecular formula is C23H29ClN2O4S. The van der Waals surface area contributed by atoms with Crippen LogP contribution in [0.5, 0.6) is 5.75 Å². The van der Waals surface area contributed by atoms with Crippen LogP contribution in [-0.2, 0) is 10.0 Å². The van der Waals surface area contributed by atoms with Gasteiger partial charge < -0.3 is 10.1 Å². The maximum atomic E-state index is 13.1. The molecule has 0 unspecified atom stereocenters. The van der Waals surface area contributed by atoms with Crippen LogP contribution >= 0.6 is 11.6 Å². The molecule has 0 aromatic heterocycles. The molecule has 1 amide bonds. The minimum atomic E-state index is -3.73. The van der Waals surface area contributed by atoms with Crippen LogP contribution in [0.25, 0.3) is 0 Å². The third-order valence-corrected chi connectivity index (χ3v) is 7.79. The molecule has 168 valence electrons. The van der Waals surface area contributed by atoms with E-state index in [9.17, 15) is 13.2 Å². The lowest BCUT2D eigenvalue weighted by atomic mass is 9.96. The second-order valence-corrected chi connectivity index (χ2v) is 10.5. The number of methoxy groups -OCH3 is 1. The van der Waals surface area contributed by atoms with Gasteiger partial charge in [0, 0.05) is 18.7 Å². The Labute approximate surface area is 189 Å². The molecule has 0 saturated carbocycles. The van der Waals surface area contributed by atoms with Gasteiger partial charge in [0.05, 0.1) is 18.2 Å². The van der Waals surface area contributed by atoms with E-state index in [4.69, 9.17) is 16.3 Å². The van der Waals surface area contributed by atoms with Gasteiger partial charge in [-0.15, -0.1) is 0 Å². The molecule has 1 atom stereocenters. The van der Waals surface area contributed by atoms with E-state index in [1.807, 2.05) is 24.3 Å². The van der Waals surface area contributed by atoms with Gasteiger partial charge in [0.1, 0.15) is 10.6 Å². The smallest absolute Gasteiger partial charge is 0.251 e. The second kappa shape index (κ2) is 10.0. The fourth-order valence-electron chi connectivity index (χ4n) is 3.74. The number of nitrogens with zero attached hydrogens (tertiary/aromatic N) is 1. The second-order valence-electron chi connectivity index (χ2n) is 8.19. The minimum Gasteiger partial charge on any atom is -0.497 e. The van der Waals surface area contributed by atoms with Crippen LogP contribution in [0.2, 0.25) is 5.02 Å². The van der Waals surface area contributed by atoms with Crippen molar-refractivity contribution in [3.63, 3.8) is 0 Å². The summed E-state index contributed by atoms with van der Waals surface area (Å²) >= 11 is 6.21.